The fourth-order valence-electron chi connectivity index (χ4n) is 3.17. The lowest BCUT2D eigenvalue weighted by molar-refractivity contribution is -0.146. The van der Waals surface area contributed by atoms with Crippen molar-refractivity contribution in [3.05, 3.63) is 21.4 Å². The Morgan fingerprint density at radius 1 is 1.52 bits per heavy atom. The lowest BCUT2D eigenvalue weighted by atomic mass is 9.76. The first-order valence-electron chi connectivity index (χ1n) is 7.53. The number of aliphatic carboxylic acids is 1. The van der Waals surface area contributed by atoms with Crippen molar-refractivity contribution in [3.8, 4) is 0 Å². The Morgan fingerprint density at radius 3 is 2.76 bits per heavy atom. The second kappa shape index (κ2) is 6.18. The van der Waals surface area contributed by atoms with Crippen molar-refractivity contribution in [2.45, 2.75) is 58.4 Å². The van der Waals surface area contributed by atoms with Crippen LogP contribution in [0.4, 0.5) is 0 Å². The Hall–Kier alpha value is -1.36. The van der Waals surface area contributed by atoms with Gasteiger partial charge in [-0.05, 0) is 43.7 Å². The normalized spacial score (nSPS) is 25.6. The number of carboxylic acid groups (broad SMARTS) is 1. The topological polar surface area (TPSA) is 66.4 Å². The van der Waals surface area contributed by atoms with E-state index in [0.29, 0.717) is 23.6 Å². The van der Waals surface area contributed by atoms with Crippen LogP contribution in [0.1, 0.15) is 59.6 Å². The number of nitrogens with one attached hydrogen (secondary N) is 1. The van der Waals surface area contributed by atoms with E-state index in [1.807, 2.05) is 19.9 Å². The van der Waals surface area contributed by atoms with Crippen LogP contribution in [0.25, 0.3) is 0 Å². The minimum atomic E-state index is -1.10. The van der Waals surface area contributed by atoms with Gasteiger partial charge in [0.1, 0.15) is 5.54 Å². The fraction of sp³-hybridized carbons (Fsp3) is 0.625. The summed E-state index contributed by atoms with van der Waals surface area (Å²) in [6.45, 7) is 6.10. The Bertz CT molecular complexity index is 552. The van der Waals surface area contributed by atoms with Gasteiger partial charge in [-0.15, -0.1) is 11.3 Å². The molecule has 1 aromatic rings. The van der Waals surface area contributed by atoms with Gasteiger partial charge < -0.3 is 10.4 Å². The van der Waals surface area contributed by atoms with Crippen LogP contribution in [-0.4, -0.2) is 22.5 Å². The van der Waals surface area contributed by atoms with Gasteiger partial charge >= 0.3 is 5.97 Å². The van der Waals surface area contributed by atoms with Gasteiger partial charge in [-0.2, -0.15) is 0 Å². The van der Waals surface area contributed by atoms with E-state index in [4.69, 9.17) is 0 Å². The van der Waals surface area contributed by atoms with Crippen LogP contribution < -0.4 is 5.32 Å². The zero-order valence-electron chi connectivity index (χ0n) is 12.9. The lowest BCUT2D eigenvalue weighted by Crippen LogP contribution is -2.56. The minimum Gasteiger partial charge on any atom is -0.480 e. The van der Waals surface area contributed by atoms with E-state index < -0.39 is 11.5 Å². The molecule has 1 aliphatic rings. The van der Waals surface area contributed by atoms with E-state index >= 15 is 0 Å². The maximum atomic E-state index is 12.4. The third-order valence-electron chi connectivity index (χ3n) is 4.38. The number of thiophene rings is 1. The fourth-order valence-corrected chi connectivity index (χ4v) is 4.18. The molecule has 1 heterocycles. The van der Waals surface area contributed by atoms with Gasteiger partial charge in [0.15, 0.2) is 0 Å². The highest BCUT2D eigenvalue weighted by Gasteiger charge is 2.43. The van der Waals surface area contributed by atoms with Crippen molar-refractivity contribution in [2.24, 2.45) is 5.92 Å². The van der Waals surface area contributed by atoms with E-state index in [1.54, 1.807) is 0 Å². The van der Waals surface area contributed by atoms with Crippen LogP contribution >= 0.6 is 11.3 Å². The molecule has 2 atom stereocenters. The largest absolute Gasteiger partial charge is 0.480 e. The molecule has 1 fully saturated rings. The van der Waals surface area contributed by atoms with Crippen LogP contribution in [0.15, 0.2) is 6.07 Å². The van der Waals surface area contributed by atoms with Gasteiger partial charge in [-0.1, -0.05) is 26.7 Å². The predicted octanol–water partition coefficient (Wildman–Crippen LogP) is 3.38. The van der Waals surface area contributed by atoms with E-state index in [1.165, 1.54) is 11.3 Å². The van der Waals surface area contributed by atoms with Gasteiger partial charge in [0.05, 0.1) is 4.88 Å². The molecular weight excluding hydrogens is 286 g/mol. The molecule has 1 amide bonds. The molecule has 0 aliphatic heterocycles. The number of carboxylic acids is 1. The van der Waals surface area contributed by atoms with E-state index in [2.05, 4.69) is 12.2 Å². The summed E-state index contributed by atoms with van der Waals surface area (Å²) in [5.41, 5.74) is 0.0606. The van der Waals surface area contributed by atoms with Gasteiger partial charge in [0.25, 0.3) is 5.91 Å². The van der Waals surface area contributed by atoms with Gasteiger partial charge in [-0.25, -0.2) is 4.79 Å². The first kappa shape index (κ1) is 16.0. The molecule has 21 heavy (non-hydrogen) atoms. The number of carbonyl (C=O) groups excluding carboxylic acids is 1. The van der Waals surface area contributed by atoms with Crippen molar-refractivity contribution >= 4 is 23.2 Å². The molecule has 5 heteroatoms. The number of hydrogen-bond acceptors (Lipinski definition) is 3. The SMILES string of the molecule is CCc1cc(C(=O)NC2(C(=O)O)CCCC(C)C2)sc1C. The molecule has 0 radical (unpaired) electrons. The molecule has 1 aromatic heterocycles. The van der Waals surface area contributed by atoms with Gasteiger partial charge in [-0.3, -0.25) is 4.79 Å². The van der Waals surface area contributed by atoms with Crippen LogP contribution in [0.2, 0.25) is 0 Å². The lowest BCUT2D eigenvalue weighted by Gasteiger charge is -2.36. The van der Waals surface area contributed by atoms with Crippen molar-refractivity contribution in [2.75, 3.05) is 0 Å². The molecule has 2 unspecified atom stereocenters. The molecular formula is C16H23NO3S. The van der Waals surface area contributed by atoms with E-state index in [-0.39, 0.29) is 5.91 Å². The summed E-state index contributed by atoms with van der Waals surface area (Å²) in [5.74, 6) is -0.836. The number of amides is 1. The molecule has 2 rings (SSSR count). The van der Waals surface area contributed by atoms with Crippen LogP contribution in [0, 0.1) is 12.8 Å². The molecule has 1 aliphatic carbocycles. The summed E-state index contributed by atoms with van der Waals surface area (Å²) in [5, 5.41) is 12.4. The van der Waals surface area contributed by atoms with Crippen molar-refractivity contribution in [1.29, 1.82) is 0 Å². The third-order valence-corrected chi connectivity index (χ3v) is 5.48. The quantitative estimate of drug-likeness (QED) is 0.896. The second-order valence-electron chi connectivity index (χ2n) is 6.09. The summed E-state index contributed by atoms with van der Waals surface area (Å²) >= 11 is 1.44. The monoisotopic (exact) mass is 309 g/mol. The Balaban J connectivity index is 2.20. The zero-order chi connectivity index (χ0) is 15.6. The van der Waals surface area contributed by atoms with E-state index in [0.717, 1.165) is 29.7 Å². The molecule has 0 saturated heterocycles. The van der Waals surface area contributed by atoms with Crippen molar-refractivity contribution in [3.63, 3.8) is 0 Å². The summed E-state index contributed by atoms with van der Waals surface area (Å²) in [6.07, 6.45) is 3.79. The maximum absolute atomic E-state index is 12.4. The average Bonchev–Trinajstić information content (AvgIpc) is 2.80. The van der Waals surface area contributed by atoms with Gasteiger partial charge in [0, 0.05) is 4.88 Å². The summed E-state index contributed by atoms with van der Waals surface area (Å²) in [7, 11) is 0. The van der Waals surface area contributed by atoms with Crippen molar-refractivity contribution < 1.29 is 14.7 Å². The zero-order valence-corrected chi connectivity index (χ0v) is 13.7. The molecule has 116 valence electrons. The van der Waals surface area contributed by atoms with Crippen LogP contribution in [0.3, 0.4) is 0 Å². The van der Waals surface area contributed by atoms with E-state index in [9.17, 15) is 14.7 Å². The first-order chi connectivity index (χ1) is 9.88. The summed E-state index contributed by atoms with van der Waals surface area (Å²) in [6, 6.07) is 1.89. The number of rotatable bonds is 4. The Labute approximate surface area is 129 Å². The highest BCUT2D eigenvalue weighted by atomic mass is 32.1. The second-order valence-corrected chi connectivity index (χ2v) is 7.34. The molecule has 0 spiro atoms. The van der Waals surface area contributed by atoms with Gasteiger partial charge in [0.2, 0.25) is 0 Å². The molecule has 0 aromatic carbocycles. The smallest absolute Gasteiger partial charge is 0.329 e. The van der Waals surface area contributed by atoms with Crippen molar-refractivity contribution in [1.82, 2.24) is 5.32 Å². The molecule has 4 nitrogen and oxygen atoms in total. The van der Waals surface area contributed by atoms with Crippen LogP contribution in [0.5, 0.6) is 0 Å². The minimum absolute atomic E-state index is 0.251. The van der Waals surface area contributed by atoms with Crippen LogP contribution in [-0.2, 0) is 11.2 Å². The highest BCUT2D eigenvalue weighted by molar-refractivity contribution is 7.14. The molecule has 1 saturated carbocycles. The Kier molecular flexibility index (Phi) is 4.71. The average molecular weight is 309 g/mol. The first-order valence-corrected chi connectivity index (χ1v) is 8.35. The molecule has 0 bridgehead atoms. The number of hydrogen-bond donors (Lipinski definition) is 2. The third kappa shape index (κ3) is 3.28. The maximum Gasteiger partial charge on any atom is 0.329 e. The Morgan fingerprint density at radius 2 is 2.24 bits per heavy atom. The summed E-state index contributed by atoms with van der Waals surface area (Å²) in [4.78, 5) is 25.9. The standard InChI is InChI=1S/C16H23NO3S/c1-4-12-8-13(21-11(12)3)14(18)17-16(15(19)20)7-5-6-10(2)9-16/h8,10H,4-7,9H2,1-3H3,(H,17,18)(H,19,20). The summed E-state index contributed by atoms with van der Waals surface area (Å²) < 4.78 is 0. The number of carbonyl (C=O) groups is 2. The molecule has 2 N–H and O–H groups in total. The predicted molar refractivity (Wildman–Crippen MR) is 83.9 cm³/mol. The highest BCUT2D eigenvalue weighted by Crippen LogP contribution is 2.33. The number of aryl methyl sites for hydroxylation is 2.